The third-order valence-electron chi connectivity index (χ3n) is 5.63. The van der Waals surface area contributed by atoms with E-state index in [-0.39, 0.29) is 17.3 Å². The molecule has 0 unspecified atom stereocenters. The van der Waals surface area contributed by atoms with E-state index in [0.29, 0.717) is 18.0 Å². The molecule has 0 aliphatic carbocycles. The highest BCUT2D eigenvalue weighted by Crippen LogP contribution is 2.19. The number of hydrogen-bond donors (Lipinski definition) is 2. The fourth-order valence-corrected chi connectivity index (χ4v) is 4.98. The maximum absolute atomic E-state index is 13.4. The van der Waals surface area contributed by atoms with E-state index in [0.717, 1.165) is 15.4 Å². The lowest BCUT2D eigenvalue weighted by atomic mass is 10.0. The summed E-state index contributed by atoms with van der Waals surface area (Å²) < 4.78 is 28.0. The first kappa shape index (κ1) is 27.8. The first-order chi connectivity index (χ1) is 17.6. The number of hydrazone groups is 1. The lowest BCUT2D eigenvalue weighted by Gasteiger charge is -2.21. The maximum atomic E-state index is 13.4. The molecule has 0 aliphatic rings. The molecular formula is C28H32N4O4S. The number of hydrogen-bond acceptors (Lipinski definition) is 5. The van der Waals surface area contributed by atoms with Gasteiger partial charge in [-0.05, 0) is 53.3 Å². The van der Waals surface area contributed by atoms with Crippen molar-refractivity contribution < 1.29 is 18.0 Å². The minimum absolute atomic E-state index is 0.0243. The van der Waals surface area contributed by atoms with Crippen LogP contribution in [0.4, 0.5) is 5.69 Å². The molecule has 0 aliphatic heterocycles. The Bertz CT molecular complexity index is 1320. The Morgan fingerprint density at radius 1 is 0.946 bits per heavy atom. The molecule has 2 amide bonds. The number of sulfonamides is 1. The van der Waals surface area contributed by atoms with Crippen LogP contribution in [0.15, 0.2) is 88.9 Å². The van der Waals surface area contributed by atoms with Crippen molar-refractivity contribution in [2.75, 3.05) is 18.4 Å². The summed E-state index contributed by atoms with van der Waals surface area (Å²) in [6, 6.07) is 23.1. The molecule has 2 N–H and O–H groups in total. The second kappa shape index (κ2) is 12.9. The van der Waals surface area contributed by atoms with Gasteiger partial charge in [0.15, 0.2) is 0 Å². The molecule has 3 rings (SSSR count). The van der Waals surface area contributed by atoms with Gasteiger partial charge >= 0.3 is 0 Å². The molecule has 0 spiro atoms. The van der Waals surface area contributed by atoms with Crippen molar-refractivity contribution in [3.8, 4) is 0 Å². The topological polar surface area (TPSA) is 108 Å². The van der Waals surface area contributed by atoms with Gasteiger partial charge in [-0.1, -0.05) is 68.4 Å². The highest BCUT2D eigenvalue weighted by atomic mass is 32.2. The normalized spacial score (nSPS) is 11.7. The van der Waals surface area contributed by atoms with Gasteiger partial charge < -0.3 is 5.32 Å². The number of rotatable bonds is 11. The van der Waals surface area contributed by atoms with Crippen molar-refractivity contribution >= 4 is 33.7 Å². The molecule has 0 fully saturated rings. The standard InChI is InChI=1S/C28H32N4O4S/c1-21(2)25-11-9-24(10-12-25)19-29-31-28(34)20-32(18-17-23-7-5-4-6-8-23)37(35,36)27-15-13-26(14-16-27)30-22(3)33/h4-16,19,21H,17-18,20H2,1-3H3,(H,30,33)(H,31,34)/b29-19-. The Hall–Kier alpha value is -3.82. The SMILES string of the molecule is CC(=O)Nc1ccc(S(=O)(=O)N(CCc2ccccc2)CC(=O)N/N=C\c2ccc(C(C)C)cc2)cc1. The van der Waals surface area contributed by atoms with Gasteiger partial charge in [0.1, 0.15) is 0 Å². The van der Waals surface area contributed by atoms with Crippen molar-refractivity contribution in [2.24, 2.45) is 5.10 Å². The monoisotopic (exact) mass is 520 g/mol. The minimum Gasteiger partial charge on any atom is -0.326 e. The second-order valence-electron chi connectivity index (χ2n) is 8.89. The smallest absolute Gasteiger partial charge is 0.255 e. The van der Waals surface area contributed by atoms with E-state index in [9.17, 15) is 18.0 Å². The molecule has 0 aromatic heterocycles. The lowest BCUT2D eigenvalue weighted by molar-refractivity contribution is -0.121. The number of carbonyl (C=O) groups is 2. The number of amides is 2. The lowest BCUT2D eigenvalue weighted by Crippen LogP contribution is -2.40. The van der Waals surface area contributed by atoms with Crippen molar-refractivity contribution in [1.82, 2.24) is 9.73 Å². The molecule has 9 heteroatoms. The Labute approximate surface area is 218 Å². The molecule has 0 saturated carbocycles. The molecule has 0 saturated heterocycles. The summed E-state index contributed by atoms with van der Waals surface area (Å²) in [5.41, 5.74) is 5.88. The van der Waals surface area contributed by atoms with Crippen LogP contribution in [0.5, 0.6) is 0 Å². The van der Waals surface area contributed by atoms with Crippen LogP contribution in [-0.4, -0.2) is 43.8 Å². The second-order valence-corrected chi connectivity index (χ2v) is 10.8. The summed E-state index contributed by atoms with van der Waals surface area (Å²) in [4.78, 5) is 24.0. The summed E-state index contributed by atoms with van der Waals surface area (Å²) >= 11 is 0. The van der Waals surface area contributed by atoms with E-state index in [2.05, 4.69) is 29.7 Å². The van der Waals surface area contributed by atoms with Gasteiger partial charge in [0.2, 0.25) is 15.9 Å². The summed E-state index contributed by atoms with van der Waals surface area (Å²) in [6.07, 6.45) is 1.95. The summed E-state index contributed by atoms with van der Waals surface area (Å²) in [5, 5.41) is 6.60. The first-order valence-corrected chi connectivity index (χ1v) is 13.4. The Morgan fingerprint density at radius 2 is 1.59 bits per heavy atom. The van der Waals surface area contributed by atoms with Crippen molar-refractivity contribution in [2.45, 2.75) is 38.0 Å². The van der Waals surface area contributed by atoms with Crippen LogP contribution in [-0.2, 0) is 26.0 Å². The average Bonchev–Trinajstić information content (AvgIpc) is 2.87. The van der Waals surface area contributed by atoms with Crippen LogP contribution in [0.3, 0.4) is 0 Å². The van der Waals surface area contributed by atoms with Crippen molar-refractivity contribution in [1.29, 1.82) is 0 Å². The zero-order chi connectivity index (χ0) is 26.8. The van der Waals surface area contributed by atoms with Gasteiger partial charge in [0, 0.05) is 19.2 Å². The zero-order valence-electron chi connectivity index (χ0n) is 21.2. The number of anilines is 1. The molecule has 0 heterocycles. The zero-order valence-corrected chi connectivity index (χ0v) is 22.0. The Kier molecular flexibility index (Phi) is 9.71. The third-order valence-corrected chi connectivity index (χ3v) is 7.49. The number of nitrogens with zero attached hydrogens (tertiary/aromatic N) is 2. The predicted molar refractivity (Wildman–Crippen MR) is 146 cm³/mol. The highest BCUT2D eigenvalue weighted by Gasteiger charge is 2.26. The van der Waals surface area contributed by atoms with E-state index in [1.54, 1.807) is 0 Å². The maximum Gasteiger partial charge on any atom is 0.255 e. The number of benzene rings is 3. The molecule has 3 aromatic carbocycles. The fraction of sp³-hybridized carbons (Fsp3) is 0.250. The van der Waals surface area contributed by atoms with Gasteiger partial charge in [-0.15, -0.1) is 0 Å². The van der Waals surface area contributed by atoms with E-state index < -0.39 is 22.5 Å². The molecule has 0 atom stereocenters. The van der Waals surface area contributed by atoms with Crippen molar-refractivity contribution in [3.05, 3.63) is 95.6 Å². The van der Waals surface area contributed by atoms with E-state index in [1.807, 2.05) is 54.6 Å². The number of carbonyl (C=O) groups excluding carboxylic acids is 2. The molecular weight excluding hydrogens is 488 g/mol. The largest absolute Gasteiger partial charge is 0.326 e. The van der Waals surface area contributed by atoms with E-state index in [4.69, 9.17) is 0 Å². The summed E-state index contributed by atoms with van der Waals surface area (Å²) in [5.74, 6) is -0.397. The van der Waals surface area contributed by atoms with Gasteiger partial charge in [-0.3, -0.25) is 9.59 Å². The molecule has 3 aromatic rings. The molecule has 37 heavy (non-hydrogen) atoms. The van der Waals surface area contributed by atoms with Crippen LogP contribution < -0.4 is 10.7 Å². The van der Waals surface area contributed by atoms with Crippen LogP contribution in [0, 0.1) is 0 Å². The van der Waals surface area contributed by atoms with Gasteiger partial charge in [0.25, 0.3) is 5.91 Å². The molecule has 0 radical (unpaired) electrons. The minimum atomic E-state index is -3.99. The fourth-order valence-electron chi connectivity index (χ4n) is 3.59. The Morgan fingerprint density at radius 3 is 2.19 bits per heavy atom. The van der Waals surface area contributed by atoms with Gasteiger partial charge in [-0.2, -0.15) is 9.41 Å². The number of nitrogens with one attached hydrogen (secondary N) is 2. The van der Waals surface area contributed by atoms with Crippen LogP contribution in [0.2, 0.25) is 0 Å². The molecule has 8 nitrogen and oxygen atoms in total. The highest BCUT2D eigenvalue weighted by molar-refractivity contribution is 7.89. The van der Waals surface area contributed by atoms with Crippen LogP contribution in [0.1, 0.15) is 43.4 Å². The molecule has 194 valence electrons. The van der Waals surface area contributed by atoms with Gasteiger partial charge in [-0.25, -0.2) is 13.8 Å². The Balaban J connectivity index is 1.73. The third kappa shape index (κ3) is 8.37. The first-order valence-electron chi connectivity index (χ1n) is 12.0. The van der Waals surface area contributed by atoms with Gasteiger partial charge in [0.05, 0.1) is 17.7 Å². The van der Waals surface area contributed by atoms with E-state index in [1.165, 1.54) is 43.0 Å². The van der Waals surface area contributed by atoms with Crippen LogP contribution in [0.25, 0.3) is 0 Å². The quantitative estimate of drug-likeness (QED) is 0.292. The van der Waals surface area contributed by atoms with Crippen molar-refractivity contribution in [3.63, 3.8) is 0 Å². The average molecular weight is 521 g/mol. The molecule has 0 bridgehead atoms. The van der Waals surface area contributed by atoms with E-state index >= 15 is 0 Å². The summed E-state index contributed by atoms with van der Waals surface area (Å²) in [7, 11) is -3.99. The predicted octanol–water partition coefficient (Wildman–Crippen LogP) is 4.15. The summed E-state index contributed by atoms with van der Waals surface area (Å²) in [6.45, 7) is 5.30. The van der Waals surface area contributed by atoms with Crippen LogP contribution >= 0.6 is 0 Å².